The minimum Gasteiger partial charge on any atom is -0.457 e. The van der Waals surface area contributed by atoms with E-state index < -0.39 is 5.91 Å². The fourth-order valence-electron chi connectivity index (χ4n) is 2.87. The number of fused-ring (bicyclic) bond motifs is 1. The van der Waals surface area contributed by atoms with Crippen LogP contribution in [0.4, 0.5) is 0 Å². The van der Waals surface area contributed by atoms with Gasteiger partial charge < -0.3 is 4.42 Å². The summed E-state index contributed by atoms with van der Waals surface area (Å²) in [7, 11) is 0. The van der Waals surface area contributed by atoms with Gasteiger partial charge in [-0.25, -0.2) is 0 Å². The van der Waals surface area contributed by atoms with Crippen LogP contribution in [-0.2, 0) is 4.79 Å². The van der Waals surface area contributed by atoms with Crippen molar-refractivity contribution >= 4 is 63.0 Å². The average Bonchev–Trinajstić information content (AvgIpc) is 3.27. The summed E-state index contributed by atoms with van der Waals surface area (Å²) >= 11 is 13.6. The first-order valence-corrected chi connectivity index (χ1v) is 10.4. The summed E-state index contributed by atoms with van der Waals surface area (Å²) < 4.78 is 5.81. The van der Waals surface area contributed by atoms with E-state index in [4.69, 9.17) is 33.0 Å². The first kappa shape index (κ1) is 19.9. The van der Waals surface area contributed by atoms with E-state index in [-0.39, 0.29) is 11.4 Å². The Morgan fingerprint density at radius 2 is 2.07 bits per heavy atom. The number of benzene rings is 1. The Hall–Kier alpha value is -2.35. The molecule has 2 aliphatic heterocycles. The lowest BCUT2D eigenvalue weighted by molar-refractivity contribution is -0.114. The molecule has 3 heterocycles. The van der Waals surface area contributed by atoms with Crippen molar-refractivity contribution in [2.24, 2.45) is 16.0 Å². The van der Waals surface area contributed by atoms with E-state index in [1.807, 2.05) is 0 Å². The minimum atomic E-state index is -0.492. The Balaban J connectivity index is 1.63. The SMILES string of the molecule is CC(C)CC1=NN2C(=N)C(=Cc3ccc(-c4cc(Cl)ccc4Cl)o3)C(=O)N=C2S1. The number of thioether (sulfide) groups is 1. The van der Waals surface area contributed by atoms with Gasteiger partial charge in [0.2, 0.25) is 5.17 Å². The molecule has 0 spiro atoms. The Morgan fingerprint density at radius 1 is 1.28 bits per heavy atom. The first-order chi connectivity index (χ1) is 13.8. The van der Waals surface area contributed by atoms with E-state index >= 15 is 0 Å². The van der Waals surface area contributed by atoms with E-state index in [0.717, 1.165) is 11.5 Å². The third kappa shape index (κ3) is 4.03. The van der Waals surface area contributed by atoms with Gasteiger partial charge in [-0.3, -0.25) is 10.2 Å². The number of nitrogens with zero attached hydrogens (tertiary/aromatic N) is 3. The summed E-state index contributed by atoms with van der Waals surface area (Å²) in [4.78, 5) is 16.6. The summed E-state index contributed by atoms with van der Waals surface area (Å²) in [6, 6.07) is 8.52. The standard InChI is InChI=1S/C20H16Cl2N4O2S/c1-10(2)7-17-25-26-18(23)14(19(27)24-20(26)29-17)9-12-4-6-16(28-12)13-8-11(21)3-5-15(13)22/h3-6,8-10,23H,7H2,1-2H3. The topological polar surface area (TPSA) is 82.0 Å². The second-order valence-electron chi connectivity index (χ2n) is 6.94. The van der Waals surface area contributed by atoms with Gasteiger partial charge in [0.05, 0.1) is 10.6 Å². The molecule has 0 atom stereocenters. The lowest BCUT2D eigenvalue weighted by atomic mass is 10.1. The smallest absolute Gasteiger partial charge is 0.283 e. The highest BCUT2D eigenvalue weighted by atomic mass is 35.5. The lowest BCUT2D eigenvalue weighted by Gasteiger charge is -2.19. The van der Waals surface area contributed by atoms with Crippen LogP contribution in [0.2, 0.25) is 10.0 Å². The van der Waals surface area contributed by atoms with Crippen LogP contribution >= 0.6 is 35.0 Å². The monoisotopic (exact) mass is 446 g/mol. The van der Waals surface area contributed by atoms with Crippen LogP contribution in [0.1, 0.15) is 26.0 Å². The lowest BCUT2D eigenvalue weighted by Crippen LogP contribution is -2.35. The Morgan fingerprint density at radius 3 is 2.83 bits per heavy atom. The van der Waals surface area contributed by atoms with Crippen LogP contribution < -0.4 is 0 Å². The van der Waals surface area contributed by atoms with Crippen molar-refractivity contribution in [2.75, 3.05) is 0 Å². The molecule has 0 saturated carbocycles. The zero-order valence-corrected chi connectivity index (χ0v) is 17.9. The van der Waals surface area contributed by atoms with Crippen LogP contribution in [0.3, 0.4) is 0 Å². The van der Waals surface area contributed by atoms with Crippen LogP contribution in [0.15, 0.2) is 50.4 Å². The van der Waals surface area contributed by atoms with Gasteiger partial charge in [0, 0.05) is 17.0 Å². The fourth-order valence-corrected chi connectivity index (χ4v) is 4.35. The zero-order valence-electron chi connectivity index (χ0n) is 15.6. The van der Waals surface area contributed by atoms with E-state index in [1.54, 1.807) is 30.3 Å². The highest BCUT2D eigenvalue weighted by Crippen LogP contribution is 2.34. The molecule has 0 unspecified atom stereocenters. The van der Waals surface area contributed by atoms with Crippen molar-refractivity contribution in [3.8, 4) is 11.3 Å². The average molecular weight is 447 g/mol. The quantitative estimate of drug-likeness (QED) is 0.590. The highest BCUT2D eigenvalue weighted by molar-refractivity contribution is 8.26. The maximum atomic E-state index is 12.5. The van der Waals surface area contributed by atoms with Crippen molar-refractivity contribution in [3.05, 3.63) is 51.7 Å². The van der Waals surface area contributed by atoms with Gasteiger partial charge in [-0.1, -0.05) is 37.0 Å². The van der Waals surface area contributed by atoms with Crippen LogP contribution in [0.5, 0.6) is 0 Å². The van der Waals surface area contributed by atoms with Crippen LogP contribution in [0, 0.1) is 11.3 Å². The van der Waals surface area contributed by atoms with Crippen molar-refractivity contribution < 1.29 is 9.21 Å². The van der Waals surface area contributed by atoms with Gasteiger partial charge in [0.25, 0.3) is 5.91 Å². The number of halogens is 2. The van der Waals surface area contributed by atoms with E-state index in [1.165, 1.54) is 22.8 Å². The number of carbonyl (C=O) groups is 1. The van der Waals surface area contributed by atoms with Crippen molar-refractivity contribution in [3.63, 3.8) is 0 Å². The Kier molecular flexibility index (Phi) is 5.38. The fraction of sp³-hybridized carbons (Fsp3) is 0.200. The molecule has 1 amide bonds. The molecule has 29 heavy (non-hydrogen) atoms. The molecule has 4 rings (SSSR count). The third-order valence-corrected chi connectivity index (χ3v) is 5.68. The van der Waals surface area contributed by atoms with Gasteiger partial charge >= 0.3 is 0 Å². The van der Waals surface area contributed by atoms with Gasteiger partial charge in [0.1, 0.15) is 16.6 Å². The van der Waals surface area contributed by atoms with Gasteiger partial charge in [-0.15, -0.1) is 0 Å². The zero-order chi connectivity index (χ0) is 20.7. The second kappa shape index (κ2) is 7.82. The number of hydrogen-bond donors (Lipinski definition) is 1. The van der Waals surface area contributed by atoms with Gasteiger partial charge in [-0.2, -0.15) is 15.1 Å². The Labute approximate surface area is 181 Å². The summed E-state index contributed by atoms with van der Waals surface area (Å²) in [5.74, 6) is 0.819. The molecule has 0 fully saturated rings. The number of nitrogens with one attached hydrogen (secondary N) is 1. The van der Waals surface area contributed by atoms with E-state index in [0.29, 0.717) is 38.2 Å². The number of furan rings is 1. The molecule has 9 heteroatoms. The normalized spacial score (nSPS) is 17.8. The van der Waals surface area contributed by atoms with Crippen LogP contribution in [-0.4, -0.2) is 27.0 Å². The number of hydrogen-bond acceptors (Lipinski definition) is 5. The summed E-state index contributed by atoms with van der Waals surface area (Å²) in [5, 5.41) is 16.5. The van der Waals surface area contributed by atoms with E-state index in [9.17, 15) is 4.79 Å². The molecule has 0 aliphatic carbocycles. The molecule has 6 nitrogen and oxygen atoms in total. The molecule has 0 radical (unpaired) electrons. The number of carbonyl (C=O) groups excluding carboxylic acids is 1. The number of amidine groups is 2. The van der Waals surface area contributed by atoms with E-state index in [2.05, 4.69) is 23.9 Å². The summed E-state index contributed by atoms with van der Waals surface area (Å²) in [6.07, 6.45) is 2.26. The highest BCUT2D eigenvalue weighted by Gasteiger charge is 2.35. The van der Waals surface area contributed by atoms with Gasteiger partial charge in [0.15, 0.2) is 5.84 Å². The molecule has 0 bridgehead atoms. The second-order valence-corrected chi connectivity index (χ2v) is 8.82. The summed E-state index contributed by atoms with van der Waals surface area (Å²) in [5.41, 5.74) is 0.759. The molecule has 1 aromatic carbocycles. The third-order valence-electron chi connectivity index (χ3n) is 4.19. The number of amides is 1. The predicted octanol–water partition coefficient (Wildman–Crippen LogP) is 5.92. The van der Waals surface area contributed by atoms with Crippen molar-refractivity contribution in [2.45, 2.75) is 20.3 Å². The molecular formula is C20H16Cl2N4O2S. The van der Waals surface area contributed by atoms with Crippen molar-refractivity contribution in [1.29, 1.82) is 5.41 Å². The molecule has 0 saturated heterocycles. The predicted molar refractivity (Wildman–Crippen MR) is 119 cm³/mol. The molecule has 148 valence electrons. The maximum absolute atomic E-state index is 12.5. The number of rotatable bonds is 4. The Bertz CT molecular complexity index is 1120. The number of aliphatic imine (C=N–C) groups is 1. The summed E-state index contributed by atoms with van der Waals surface area (Å²) in [6.45, 7) is 4.18. The molecule has 2 aromatic rings. The molecule has 1 aromatic heterocycles. The van der Waals surface area contributed by atoms with Crippen molar-refractivity contribution in [1.82, 2.24) is 5.01 Å². The van der Waals surface area contributed by atoms with Crippen LogP contribution in [0.25, 0.3) is 17.4 Å². The largest absolute Gasteiger partial charge is 0.457 e. The minimum absolute atomic E-state index is 0.0232. The maximum Gasteiger partial charge on any atom is 0.283 e. The first-order valence-electron chi connectivity index (χ1n) is 8.86. The molecular weight excluding hydrogens is 431 g/mol. The molecule has 1 N–H and O–H groups in total. The van der Waals surface area contributed by atoms with Gasteiger partial charge in [-0.05, 0) is 54.1 Å². The molecule has 2 aliphatic rings. The number of hydrazone groups is 1.